The molecule has 0 atom stereocenters. The molecule has 0 fully saturated rings. The molecule has 1 aromatic heterocycles. The molecule has 0 saturated carbocycles. The Balaban J connectivity index is 3.27. The Labute approximate surface area is 95.6 Å². The minimum absolute atomic E-state index is 0.00701. The van der Waals surface area contributed by atoms with Gasteiger partial charge in [0.25, 0.3) is 6.43 Å². The Morgan fingerprint density at radius 1 is 1.59 bits per heavy atom. The fraction of sp³-hybridized carbons (Fsp3) is 0.400. The number of ether oxygens (including phenoxy) is 1. The van der Waals surface area contributed by atoms with E-state index >= 15 is 0 Å². The lowest BCUT2D eigenvalue weighted by molar-refractivity contribution is -0.139. The highest BCUT2D eigenvalue weighted by Gasteiger charge is 2.20. The number of H-pyrrole nitrogens is 1. The fourth-order valence-corrected chi connectivity index (χ4v) is 1.39. The molecule has 1 heterocycles. The van der Waals surface area contributed by atoms with E-state index in [0.717, 1.165) is 13.2 Å². The highest BCUT2D eigenvalue weighted by Crippen LogP contribution is 2.19. The SMILES string of the molecule is COC(=O)Cc1[nH]c(CN)cc(=O)c1C(F)F. The summed E-state index contributed by atoms with van der Waals surface area (Å²) < 4.78 is 29.7. The predicted octanol–water partition coefficient (Wildman–Crippen LogP) is 0.487. The maximum atomic E-state index is 12.7. The molecule has 3 N–H and O–H groups in total. The molecule has 1 rings (SSSR count). The van der Waals surface area contributed by atoms with Gasteiger partial charge >= 0.3 is 5.97 Å². The van der Waals surface area contributed by atoms with E-state index in [1.807, 2.05) is 0 Å². The van der Waals surface area contributed by atoms with Crippen molar-refractivity contribution in [2.45, 2.75) is 19.4 Å². The van der Waals surface area contributed by atoms with Crippen molar-refractivity contribution in [3.63, 3.8) is 0 Å². The van der Waals surface area contributed by atoms with E-state index in [9.17, 15) is 18.4 Å². The third kappa shape index (κ3) is 3.10. The van der Waals surface area contributed by atoms with Gasteiger partial charge in [-0.3, -0.25) is 9.59 Å². The van der Waals surface area contributed by atoms with E-state index in [-0.39, 0.29) is 12.2 Å². The number of rotatable bonds is 4. The summed E-state index contributed by atoms with van der Waals surface area (Å²) in [6.45, 7) is -0.00701. The summed E-state index contributed by atoms with van der Waals surface area (Å²) in [5.74, 6) is -0.711. The molecular formula is C10H12F2N2O3. The number of carbonyl (C=O) groups excluding carboxylic acids is 1. The van der Waals surface area contributed by atoms with Crippen molar-refractivity contribution in [2.24, 2.45) is 5.73 Å². The molecule has 0 aliphatic carbocycles. The lowest BCUT2D eigenvalue weighted by Crippen LogP contribution is -2.20. The maximum Gasteiger partial charge on any atom is 0.311 e. The average Bonchev–Trinajstić information content (AvgIpc) is 2.27. The topological polar surface area (TPSA) is 85.2 Å². The molecule has 17 heavy (non-hydrogen) atoms. The number of pyridine rings is 1. The molecule has 0 aliphatic rings. The third-order valence-corrected chi connectivity index (χ3v) is 2.19. The molecule has 0 aliphatic heterocycles. The monoisotopic (exact) mass is 246 g/mol. The number of alkyl halides is 2. The molecule has 94 valence electrons. The van der Waals surface area contributed by atoms with Gasteiger partial charge in [-0.2, -0.15) is 0 Å². The second kappa shape index (κ2) is 5.53. The maximum absolute atomic E-state index is 12.7. The number of aromatic amines is 1. The van der Waals surface area contributed by atoms with Gasteiger partial charge < -0.3 is 15.5 Å². The van der Waals surface area contributed by atoms with Crippen molar-refractivity contribution in [1.29, 1.82) is 0 Å². The van der Waals surface area contributed by atoms with Crippen molar-refractivity contribution in [1.82, 2.24) is 4.98 Å². The first kappa shape index (κ1) is 13.3. The van der Waals surface area contributed by atoms with Crippen LogP contribution in [0.25, 0.3) is 0 Å². The minimum Gasteiger partial charge on any atom is -0.469 e. The van der Waals surface area contributed by atoms with Gasteiger partial charge in [-0.15, -0.1) is 0 Å². The van der Waals surface area contributed by atoms with Crippen LogP contribution in [0.5, 0.6) is 0 Å². The average molecular weight is 246 g/mol. The van der Waals surface area contributed by atoms with E-state index in [2.05, 4.69) is 9.72 Å². The molecule has 0 radical (unpaired) electrons. The zero-order valence-corrected chi connectivity index (χ0v) is 9.13. The third-order valence-electron chi connectivity index (χ3n) is 2.19. The van der Waals surface area contributed by atoms with Crippen LogP contribution in [0.1, 0.15) is 23.4 Å². The molecule has 0 amide bonds. The Morgan fingerprint density at radius 2 is 2.24 bits per heavy atom. The number of aromatic nitrogens is 1. The summed E-state index contributed by atoms with van der Waals surface area (Å²) in [6, 6.07) is 1.00. The normalized spacial score (nSPS) is 10.6. The van der Waals surface area contributed by atoms with Crippen LogP contribution in [0, 0.1) is 0 Å². The van der Waals surface area contributed by atoms with Gasteiger partial charge in [-0.25, -0.2) is 8.78 Å². The Bertz CT molecular complexity index is 471. The van der Waals surface area contributed by atoms with E-state index in [1.165, 1.54) is 0 Å². The molecule has 1 aromatic rings. The summed E-state index contributed by atoms with van der Waals surface area (Å²) in [4.78, 5) is 25.0. The number of hydrogen-bond donors (Lipinski definition) is 2. The van der Waals surface area contributed by atoms with Crippen molar-refractivity contribution >= 4 is 5.97 Å². The number of carbonyl (C=O) groups is 1. The van der Waals surface area contributed by atoms with Gasteiger partial charge in [-0.05, 0) is 0 Å². The molecular weight excluding hydrogens is 234 g/mol. The van der Waals surface area contributed by atoms with Crippen LogP contribution in [0.15, 0.2) is 10.9 Å². The largest absolute Gasteiger partial charge is 0.469 e. The van der Waals surface area contributed by atoms with Gasteiger partial charge in [0.1, 0.15) is 0 Å². The molecule has 0 bridgehead atoms. The van der Waals surface area contributed by atoms with Gasteiger partial charge in [0, 0.05) is 24.0 Å². The molecule has 0 unspecified atom stereocenters. The molecule has 0 spiro atoms. The summed E-state index contributed by atoms with van der Waals surface area (Å²) in [7, 11) is 1.13. The Kier molecular flexibility index (Phi) is 4.33. The van der Waals surface area contributed by atoms with Crippen molar-refractivity contribution in [3.05, 3.63) is 33.2 Å². The Morgan fingerprint density at radius 3 is 2.71 bits per heavy atom. The van der Waals surface area contributed by atoms with E-state index in [0.29, 0.717) is 5.69 Å². The van der Waals surface area contributed by atoms with Crippen LogP contribution in [0.4, 0.5) is 8.78 Å². The second-order valence-corrected chi connectivity index (χ2v) is 3.31. The minimum atomic E-state index is -2.95. The van der Waals surface area contributed by atoms with Crippen molar-refractivity contribution in [3.8, 4) is 0 Å². The number of esters is 1. The molecule has 0 aromatic carbocycles. The highest BCUT2D eigenvalue weighted by atomic mass is 19.3. The summed E-state index contributed by atoms with van der Waals surface area (Å²) in [6.07, 6.45) is -3.37. The first-order valence-corrected chi connectivity index (χ1v) is 4.79. The number of halogens is 2. The lowest BCUT2D eigenvalue weighted by Gasteiger charge is -2.09. The molecule has 0 saturated heterocycles. The zero-order chi connectivity index (χ0) is 13.0. The van der Waals surface area contributed by atoms with Crippen molar-refractivity contribution < 1.29 is 18.3 Å². The fourth-order valence-electron chi connectivity index (χ4n) is 1.39. The second-order valence-electron chi connectivity index (χ2n) is 3.31. The number of nitrogens with one attached hydrogen (secondary N) is 1. The Hall–Kier alpha value is -1.76. The van der Waals surface area contributed by atoms with Crippen LogP contribution in [-0.4, -0.2) is 18.1 Å². The first-order valence-electron chi connectivity index (χ1n) is 4.79. The van der Waals surface area contributed by atoms with Crippen LogP contribution >= 0.6 is 0 Å². The smallest absolute Gasteiger partial charge is 0.311 e. The predicted molar refractivity (Wildman–Crippen MR) is 55.6 cm³/mol. The molecule has 7 heteroatoms. The van der Waals surface area contributed by atoms with Gasteiger partial charge in [0.05, 0.1) is 19.1 Å². The van der Waals surface area contributed by atoms with Crippen LogP contribution in [0.2, 0.25) is 0 Å². The van der Waals surface area contributed by atoms with Gasteiger partial charge in [-0.1, -0.05) is 0 Å². The molecule has 5 nitrogen and oxygen atoms in total. The van der Waals surface area contributed by atoms with Crippen LogP contribution < -0.4 is 11.2 Å². The van der Waals surface area contributed by atoms with E-state index in [4.69, 9.17) is 5.73 Å². The number of methoxy groups -OCH3 is 1. The van der Waals surface area contributed by atoms with Crippen LogP contribution in [-0.2, 0) is 22.5 Å². The van der Waals surface area contributed by atoms with Crippen LogP contribution in [0.3, 0.4) is 0 Å². The quantitative estimate of drug-likeness (QED) is 0.757. The van der Waals surface area contributed by atoms with E-state index in [1.54, 1.807) is 0 Å². The standard InChI is InChI=1S/C10H12F2N2O3/c1-17-8(16)3-6-9(10(11)12)7(15)2-5(4-13)14-6/h2,10H,3-4,13H2,1H3,(H,14,15). The number of hydrogen-bond acceptors (Lipinski definition) is 4. The van der Waals surface area contributed by atoms with Crippen molar-refractivity contribution in [2.75, 3.05) is 7.11 Å². The van der Waals surface area contributed by atoms with Gasteiger partial charge in [0.15, 0.2) is 5.43 Å². The van der Waals surface area contributed by atoms with Gasteiger partial charge in [0.2, 0.25) is 0 Å². The highest BCUT2D eigenvalue weighted by molar-refractivity contribution is 5.72. The zero-order valence-electron chi connectivity index (χ0n) is 9.13. The lowest BCUT2D eigenvalue weighted by atomic mass is 10.1. The number of nitrogens with two attached hydrogens (primary N) is 1. The summed E-state index contributed by atoms with van der Waals surface area (Å²) >= 11 is 0. The first-order chi connectivity index (χ1) is 7.99. The summed E-state index contributed by atoms with van der Waals surface area (Å²) in [5, 5.41) is 0. The van der Waals surface area contributed by atoms with E-state index < -0.39 is 29.8 Å². The summed E-state index contributed by atoms with van der Waals surface area (Å²) in [5.41, 5.74) is 3.89.